The van der Waals surface area contributed by atoms with Crippen LogP contribution in [-0.2, 0) is 101 Å². The summed E-state index contributed by atoms with van der Waals surface area (Å²) < 4.78 is 297. The zero-order valence-electron chi connectivity index (χ0n) is 28.9. The van der Waals surface area contributed by atoms with Gasteiger partial charge in [-0.05, 0) is 42.0 Å². The van der Waals surface area contributed by atoms with Gasteiger partial charge >= 0.3 is 131 Å². The third kappa shape index (κ3) is 8.55. The molecule has 3 aromatic carbocycles. The van der Waals surface area contributed by atoms with Gasteiger partial charge in [0.1, 0.15) is 0 Å². The molecule has 0 heterocycles. The minimum absolute atomic E-state index is 0. The Bertz CT molecular complexity index is 2680. The van der Waals surface area contributed by atoms with E-state index in [-0.39, 0.29) is 67.4 Å². The molecule has 0 saturated carbocycles. The largest absolute Gasteiger partial charge is 1.00 e. The van der Waals surface area contributed by atoms with Crippen LogP contribution in [0.4, 0.5) is 0 Å². The van der Waals surface area contributed by atoms with Crippen LogP contribution in [0.2, 0.25) is 0 Å². The Morgan fingerprint density at radius 2 is 0.475 bits per heavy atom. The van der Waals surface area contributed by atoms with Crippen LogP contribution in [0, 0.1) is 0 Å². The quantitative estimate of drug-likeness (QED) is 0.0388. The molecule has 3 aromatic rings. The topological polar surface area (TPSA) is 489 Å². The summed E-state index contributed by atoms with van der Waals surface area (Å²) in [5, 5.41) is -2.89. The second kappa shape index (κ2) is 16.1. The Balaban J connectivity index is 0.00000900. The molecule has 59 heavy (non-hydrogen) atoms. The van der Waals surface area contributed by atoms with E-state index < -0.39 is 142 Å². The second-order valence-electron chi connectivity index (χ2n) is 10.9. The minimum Gasteiger partial charge on any atom is -1.00 e. The van der Waals surface area contributed by atoms with Crippen LogP contribution in [0.3, 0.4) is 0 Å². The molecule has 27 nitrogen and oxygen atoms in total. The van der Waals surface area contributed by atoms with Crippen molar-refractivity contribution >= 4 is 115 Å². The number of rotatable bonds is 15. The first-order valence-electron chi connectivity index (χ1n) is 13.4. The van der Waals surface area contributed by atoms with E-state index in [4.69, 9.17) is 0 Å². The molecule has 0 atom stereocenters. The summed E-state index contributed by atoms with van der Waals surface area (Å²) in [4.78, 5) is 0. The third-order valence-corrected chi connectivity index (χ3v) is 29.4. The van der Waals surface area contributed by atoms with Crippen molar-refractivity contribution in [1.82, 2.24) is 0 Å². The number of hydrogen-bond acceptors (Lipinski definition) is 18. The smallest absolute Gasteiger partial charge is 1.00 e. The summed E-state index contributed by atoms with van der Waals surface area (Å²) in [5.74, 6) is 0. The van der Waals surface area contributed by atoms with Crippen LogP contribution in [0.1, 0.15) is 18.1 Å². The molecule has 3 rings (SSSR count). The van der Waals surface area contributed by atoms with Gasteiger partial charge in [-0.2, -0.15) is 75.8 Å². The first-order chi connectivity index (χ1) is 25.5. The van der Waals surface area contributed by atoms with Gasteiger partial charge in [0.2, 0.25) is 0 Å². The maximum Gasteiger partial charge on any atom is 1.00 e. The molecule has 0 amide bonds. The predicted molar refractivity (Wildman–Crippen MR) is 195 cm³/mol. The van der Waals surface area contributed by atoms with Crippen molar-refractivity contribution in [1.29, 1.82) is 0 Å². The third-order valence-electron chi connectivity index (χ3n) is 7.43. The van der Waals surface area contributed by atoms with E-state index >= 15 is 0 Å². The molecule has 9 N–H and O–H groups in total. The van der Waals surface area contributed by atoms with E-state index in [0.717, 1.165) is 0 Å². The molecule has 0 aromatic heterocycles. The molecule has 0 aliphatic carbocycles. The molecule has 0 radical (unpaired) electrons. The van der Waals surface area contributed by atoms with Crippen molar-refractivity contribution in [3.8, 4) is 0 Å². The van der Waals surface area contributed by atoms with Crippen molar-refractivity contribution in [2.24, 2.45) is 0 Å². The molecule has 328 valence electrons. The van der Waals surface area contributed by atoms with Crippen molar-refractivity contribution in [3.05, 3.63) is 89.5 Å². The van der Waals surface area contributed by atoms with E-state index in [1.807, 2.05) is 0 Å². The Hall–Kier alpha value is -1.72. The average molecular weight is 1050 g/mol. The molecule has 0 bridgehead atoms. The maximum absolute atomic E-state index is 12.4. The molecule has 0 aliphatic heterocycles. The summed E-state index contributed by atoms with van der Waals surface area (Å²) in [5.41, 5.74) is -5.61. The van der Waals surface area contributed by atoms with Crippen LogP contribution in [-0.4, -0.2) is 117 Å². The molecule has 0 saturated heterocycles. The van der Waals surface area contributed by atoms with E-state index in [2.05, 4.69) is 0 Å². The monoisotopic (exact) mass is 1050 g/mol. The Labute approximate surface area is 359 Å². The SMILES string of the molecule is O=S(=O)(O)C(c1cccc(P(c2cccc(C(S(=O)(=O)O)(S(=O)(=O)O)S(=O)(=O)O)c2)c2cccc(C(S(=O)(=O)O)(S(=O)(=O)O)S(=O)(=O)O)c2)c1)(S(=O)(=O)O)S(=O)(=O)O.[H-].[Na+]. The fourth-order valence-corrected chi connectivity index (χ4v) is 21.3. The van der Waals surface area contributed by atoms with E-state index in [9.17, 15) is 117 Å². The van der Waals surface area contributed by atoms with Gasteiger partial charge in [-0.25, -0.2) is 0 Å². The van der Waals surface area contributed by atoms with Gasteiger partial charge in [0, 0.05) is 16.7 Å². The molecule has 0 unspecified atom stereocenters. The molecule has 0 spiro atoms. The van der Waals surface area contributed by atoms with Gasteiger partial charge in [0.05, 0.1) is 0 Å². The first kappa shape index (κ1) is 53.4. The zero-order valence-corrected chi connectivity index (χ0v) is 38.2. The van der Waals surface area contributed by atoms with Gasteiger partial charge in [0.25, 0.3) is 0 Å². The number of benzene rings is 3. The fourth-order valence-electron chi connectivity index (χ4n) is 5.49. The van der Waals surface area contributed by atoms with E-state index in [1.165, 1.54) is 0 Å². The standard InChI is InChI=1S/C21H21O27PS9.Na.H/c22-50(23,24)19(51(25,26)27,52(28,29)30)13-4-1-7-16(10-13)49(17-8-2-5-14(11-17)20(53(31,32)33,54(34,35)36)55(37,38)39)18-9-3-6-15(12-18)21(56(40,41)42,57(43,44)45)58(46,47)48;;/h1-12H,(H,22,23,24)(H,25,26,27)(H,28,29,30)(H,31,32,33)(H,34,35,36)(H,37,38,39)(H,40,41,42)(H,43,44,45)(H,46,47,48);;/q;+1;-1. The summed E-state index contributed by atoms with van der Waals surface area (Å²) in [6.45, 7) is 0. The van der Waals surface area contributed by atoms with Crippen molar-refractivity contribution in [2.75, 3.05) is 0 Å². The minimum atomic E-state index is -6.85. The van der Waals surface area contributed by atoms with Crippen LogP contribution in [0.15, 0.2) is 72.8 Å². The van der Waals surface area contributed by atoms with Gasteiger partial charge in [-0.15, -0.1) is 0 Å². The summed E-state index contributed by atoms with van der Waals surface area (Å²) in [6, 6.07) is 3.81. The van der Waals surface area contributed by atoms with Crippen LogP contribution >= 0.6 is 7.92 Å². The van der Waals surface area contributed by atoms with Crippen LogP contribution < -0.4 is 45.5 Å². The maximum atomic E-state index is 12.4. The average Bonchev–Trinajstić information content (AvgIpc) is 2.92. The Kier molecular flexibility index (Phi) is 14.6. The molecular weight excluding hydrogens is 1030 g/mol. The van der Waals surface area contributed by atoms with Gasteiger partial charge in [-0.1, -0.05) is 54.6 Å². The van der Waals surface area contributed by atoms with Crippen molar-refractivity contribution < 1.29 is 148 Å². The van der Waals surface area contributed by atoms with Gasteiger partial charge in [0.15, 0.2) is 0 Å². The molecule has 0 aliphatic rings. The Morgan fingerprint density at radius 3 is 0.610 bits per heavy atom. The van der Waals surface area contributed by atoms with Crippen molar-refractivity contribution in [3.63, 3.8) is 0 Å². The van der Waals surface area contributed by atoms with Gasteiger partial charge < -0.3 is 1.43 Å². The summed E-state index contributed by atoms with van der Waals surface area (Å²) >= 11 is 0. The summed E-state index contributed by atoms with van der Waals surface area (Å²) in [6.07, 6.45) is 0. The van der Waals surface area contributed by atoms with E-state index in [1.54, 1.807) is 0 Å². The fraction of sp³-hybridized carbons (Fsp3) is 0.143. The van der Waals surface area contributed by atoms with E-state index in [0.29, 0.717) is 36.4 Å². The normalized spacial score (nSPS) is 14.7. The van der Waals surface area contributed by atoms with Gasteiger partial charge in [-0.3, -0.25) is 41.0 Å². The first-order valence-corrected chi connectivity index (χ1v) is 27.7. The predicted octanol–water partition coefficient (Wildman–Crippen LogP) is -6.12. The van der Waals surface area contributed by atoms with Crippen molar-refractivity contribution in [2.45, 2.75) is 10.2 Å². The zero-order chi connectivity index (χ0) is 45.5. The second-order valence-corrected chi connectivity index (χ2v) is 29.5. The molecule has 38 heteroatoms. The van der Waals surface area contributed by atoms with Crippen LogP contribution in [0.25, 0.3) is 0 Å². The van der Waals surface area contributed by atoms with Crippen LogP contribution in [0.5, 0.6) is 0 Å². The number of hydrogen-bond donors (Lipinski definition) is 9. The molecule has 0 fully saturated rings. The molecular formula is C21H22NaO27PS9. The Morgan fingerprint density at radius 1 is 0.322 bits per heavy atom. The summed E-state index contributed by atoms with van der Waals surface area (Å²) in [7, 11) is -65.1.